The first-order chi connectivity index (χ1) is 12.6. The number of carbonyl (C=O) groups is 1. The fourth-order valence-corrected chi connectivity index (χ4v) is 2.78. The van der Waals surface area contributed by atoms with E-state index in [0.717, 1.165) is 4.47 Å². The van der Waals surface area contributed by atoms with Crippen molar-refractivity contribution in [1.29, 1.82) is 0 Å². The number of amides is 1. The van der Waals surface area contributed by atoms with Crippen LogP contribution in [-0.4, -0.2) is 34.4 Å². The second-order valence-electron chi connectivity index (χ2n) is 5.25. The first kappa shape index (κ1) is 17.9. The molecule has 0 bridgehead atoms. The molecule has 1 amide bonds. The van der Waals surface area contributed by atoms with Crippen molar-refractivity contribution in [3.8, 4) is 17.2 Å². The van der Waals surface area contributed by atoms with Crippen molar-refractivity contribution < 1.29 is 14.3 Å². The third-order valence-corrected chi connectivity index (χ3v) is 4.09. The van der Waals surface area contributed by atoms with Crippen molar-refractivity contribution in [2.45, 2.75) is 6.92 Å². The van der Waals surface area contributed by atoms with Crippen LogP contribution in [0.1, 0.15) is 17.3 Å². The molecule has 26 heavy (non-hydrogen) atoms. The highest BCUT2D eigenvalue weighted by Crippen LogP contribution is 2.29. The predicted octanol–water partition coefficient (Wildman–Crippen LogP) is 3.69. The molecule has 134 valence electrons. The first-order valence-electron chi connectivity index (χ1n) is 7.89. The molecular weight excluding hydrogens is 400 g/mol. The molecule has 0 aliphatic rings. The van der Waals surface area contributed by atoms with Gasteiger partial charge in [-0.2, -0.15) is 5.10 Å². The fraction of sp³-hybridized carbons (Fsp3) is 0.167. The van der Waals surface area contributed by atoms with Gasteiger partial charge < -0.3 is 14.8 Å². The third-order valence-electron chi connectivity index (χ3n) is 3.60. The number of methoxy groups -OCH3 is 1. The zero-order valence-corrected chi connectivity index (χ0v) is 15.9. The highest BCUT2D eigenvalue weighted by molar-refractivity contribution is 9.10. The molecule has 3 aromatic rings. The third kappa shape index (κ3) is 3.85. The van der Waals surface area contributed by atoms with Gasteiger partial charge in [0.1, 0.15) is 12.7 Å². The number of nitrogens with one attached hydrogen (secondary N) is 1. The lowest BCUT2D eigenvalue weighted by atomic mass is 10.1. The summed E-state index contributed by atoms with van der Waals surface area (Å²) in [6.07, 6.45) is 3.00. The molecule has 8 heteroatoms. The topological polar surface area (TPSA) is 78.3 Å². The van der Waals surface area contributed by atoms with E-state index < -0.39 is 0 Å². The number of anilines is 1. The van der Waals surface area contributed by atoms with Crippen molar-refractivity contribution in [3.05, 3.63) is 59.1 Å². The highest BCUT2D eigenvalue weighted by Gasteiger charge is 2.14. The molecule has 0 aliphatic carbocycles. The Morgan fingerprint density at radius 1 is 1.23 bits per heavy atom. The van der Waals surface area contributed by atoms with E-state index in [9.17, 15) is 4.79 Å². The Balaban J connectivity index is 1.90. The zero-order chi connectivity index (χ0) is 18.5. The molecule has 0 unspecified atom stereocenters. The summed E-state index contributed by atoms with van der Waals surface area (Å²) in [6.45, 7) is 2.40. The SMILES string of the molecule is CCOc1ccc(C(=O)Nc2cc(Br)ccc2-n2cncn2)cc1OC. The fourth-order valence-electron chi connectivity index (χ4n) is 2.42. The molecule has 7 nitrogen and oxygen atoms in total. The van der Waals surface area contributed by atoms with E-state index >= 15 is 0 Å². The van der Waals surface area contributed by atoms with Crippen molar-refractivity contribution >= 4 is 27.5 Å². The van der Waals surface area contributed by atoms with Crippen molar-refractivity contribution in [1.82, 2.24) is 14.8 Å². The summed E-state index contributed by atoms with van der Waals surface area (Å²) >= 11 is 3.42. The maximum atomic E-state index is 12.7. The molecule has 1 aromatic heterocycles. The monoisotopic (exact) mass is 416 g/mol. The van der Waals surface area contributed by atoms with Gasteiger partial charge in [0, 0.05) is 10.0 Å². The number of carbonyl (C=O) groups excluding carboxylic acids is 1. The van der Waals surface area contributed by atoms with Crippen LogP contribution in [0.4, 0.5) is 5.69 Å². The number of nitrogens with zero attached hydrogens (tertiary/aromatic N) is 3. The molecule has 0 atom stereocenters. The van der Waals surface area contributed by atoms with Gasteiger partial charge in [0.25, 0.3) is 5.91 Å². The summed E-state index contributed by atoms with van der Waals surface area (Å²) in [5.41, 5.74) is 1.76. The second kappa shape index (κ2) is 8.01. The smallest absolute Gasteiger partial charge is 0.255 e. The van der Waals surface area contributed by atoms with Crippen molar-refractivity contribution in [3.63, 3.8) is 0 Å². The Bertz CT molecular complexity index is 913. The molecule has 0 fully saturated rings. The maximum Gasteiger partial charge on any atom is 0.255 e. The van der Waals surface area contributed by atoms with Crippen molar-refractivity contribution in [2.24, 2.45) is 0 Å². The number of hydrogen-bond donors (Lipinski definition) is 1. The summed E-state index contributed by atoms with van der Waals surface area (Å²) < 4.78 is 13.2. The van der Waals surface area contributed by atoms with Crippen LogP contribution >= 0.6 is 15.9 Å². The van der Waals surface area contributed by atoms with Gasteiger partial charge in [-0.15, -0.1) is 0 Å². The Morgan fingerprint density at radius 2 is 2.08 bits per heavy atom. The molecule has 1 heterocycles. The molecule has 0 saturated heterocycles. The number of hydrogen-bond acceptors (Lipinski definition) is 5. The molecule has 0 aliphatic heterocycles. The van der Waals surface area contributed by atoms with Crippen LogP contribution in [0.5, 0.6) is 11.5 Å². The van der Waals surface area contributed by atoms with Crippen LogP contribution < -0.4 is 14.8 Å². The van der Waals surface area contributed by atoms with Gasteiger partial charge in [-0.1, -0.05) is 15.9 Å². The average Bonchev–Trinajstić information content (AvgIpc) is 3.16. The quantitative estimate of drug-likeness (QED) is 0.662. The van der Waals surface area contributed by atoms with E-state index in [4.69, 9.17) is 9.47 Å². The lowest BCUT2D eigenvalue weighted by molar-refractivity contribution is 0.102. The molecule has 3 rings (SSSR count). The van der Waals surface area contributed by atoms with E-state index in [1.165, 1.54) is 13.4 Å². The first-order valence-corrected chi connectivity index (χ1v) is 8.68. The summed E-state index contributed by atoms with van der Waals surface area (Å²) in [5, 5.41) is 7.02. The number of benzene rings is 2. The van der Waals surface area contributed by atoms with Crippen molar-refractivity contribution in [2.75, 3.05) is 19.0 Å². The van der Waals surface area contributed by atoms with Crippen LogP contribution in [0.25, 0.3) is 5.69 Å². The van der Waals surface area contributed by atoms with E-state index in [0.29, 0.717) is 35.0 Å². The summed E-state index contributed by atoms with van der Waals surface area (Å²) in [5.74, 6) is 0.827. The second-order valence-corrected chi connectivity index (χ2v) is 6.17. The zero-order valence-electron chi connectivity index (χ0n) is 14.3. The Kier molecular flexibility index (Phi) is 5.52. The van der Waals surface area contributed by atoms with Gasteiger partial charge in [0.2, 0.25) is 0 Å². The number of aromatic nitrogens is 3. The van der Waals surface area contributed by atoms with Crippen LogP contribution in [0, 0.1) is 0 Å². The molecule has 0 radical (unpaired) electrons. The van der Waals surface area contributed by atoms with Crippen LogP contribution in [0.15, 0.2) is 53.5 Å². The predicted molar refractivity (Wildman–Crippen MR) is 101 cm³/mol. The standard InChI is InChI=1S/C18H17BrN4O3/c1-3-26-16-7-4-12(8-17(16)25-2)18(24)22-14-9-13(19)5-6-15(14)23-11-20-10-21-23/h4-11H,3H2,1-2H3,(H,22,24). The maximum absolute atomic E-state index is 12.7. The van der Waals surface area contributed by atoms with Gasteiger partial charge in [-0.3, -0.25) is 4.79 Å². The Labute approximate surface area is 159 Å². The van der Waals surface area contributed by atoms with Crippen LogP contribution in [0.2, 0.25) is 0 Å². The summed E-state index contributed by atoms with van der Waals surface area (Å²) in [6, 6.07) is 10.6. The largest absolute Gasteiger partial charge is 0.493 e. The normalized spacial score (nSPS) is 10.4. The van der Waals surface area contributed by atoms with E-state index in [-0.39, 0.29) is 5.91 Å². The molecule has 0 spiro atoms. The Hall–Kier alpha value is -2.87. The van der Waals surface area contributed by atoms with Gasteiger partial charge in [0.15, 0.2) is 11.5 Å². The summed E-state index contributed by atoms with van der Waals surface area (Å²) in [7, 11) is 1.54. The minimum atomic E-state index is -0.272. The number of halogens is 1. The number of ether oxygens (including phenoxy) is 2. The van der Waals surface area contributed by atoms with E-state index in [1.54, 1.807) is 35.3 Å². The van der Waals surface area contributed by atoms with Crippen LogP contribution in [0.3, 0.4) is 0 Å². The van der Waals surface area contributed by atoms with Gasteiger partial charge in [0.05, 0.1) is 25.1 Å². The van der Waals surface area contributed by atoms with Gasteiger partial charge in [-0.05, 0) is 43.3 Å². The van der Waals surface area contributed by atoms with E-state index in [2.05, 4.69) is 31.3 Å². The van der Waals surface area contributed by atoms with Gasteiger partial charge >= 0.3 is 0 Å². The highest BCUT2D eigenvalue weighted by atomic mass is 79.9. The van der Waals surface area contributed by atoms with Crippen LogP contribution in [-0.2, 0) is 0 Å². The molecule has 0 saturated carbocycles. The summed E-state index contributed by atoms with van der Waals surface area (Å²) in [4.78, 5) is 16.7. The average molecular weight is 417 g/mol. The Morgan fingerprint density at radius 3 is 2.77 bits per heavy atom. The minimum Gasteiger partial charge on any atom is -0.493 e. The molecular formula is C18H17BrN4O3. The van der Waals surface area contributed by atoms with Gasteiger partial charge in [-0.25, -0.2) is 9.67 Å². The lowest BCUT2D eigenvalue weighted by Crippen LogP contribution is -2.14. The van der Waals surface area contributed by atoms with E-state index in [1.807, 2.05) is 19.1 Å². The molecule has 2 aromatic carbocycles. The minimum absolute atomic E-state index is 0.272. The lowest BCUT2D eigenvalue weighted by Gasteiger charge is -2.13. The number of rotatable bonds is 6. The molecule has 1 N–H and O–H groups in total.